The Hall–Kier alpha value is -2.86. The molecule has 0 N–H and O–H groups in total. The van der Waals surface area contributed by atoms with Gasteiger partial charge in [-0.2, -0.15) is 0 Å². The molecule has 144 valence electrons. The largest absolute Gasteiger partial charge is 0.495 e. The number of hydrogen-bond donors (Lipinski definition) is 0. The quantitative estimate of drug-likeness (QED) is 0.738. The van der Waals surface area contributed by atoms with Gasteiger partial charge in [0.1, 0.15) is 17.6 Å². The molecule has 0 radical (unpaired) electrons. The lowest BCUT2D eigenvalue weighted by Crippen LogP contribution is -2.52. The molecule has 2 bridgehead atoms. The Kier molecular flexibility index (Phi) is 4.81. The first kappa shape index (κ1) is 18.5. The number of ether oxygens (including phenoxy) is 1. The van der Waals surface area contributed by atoms with Crippen molar-refractivity contribution in [3.63, 3.8) is 0 Å². The molecule has 5 nitrogen and oxygen atoms in total. The highest BCUT2D eigenvalue weighted by molar-refractivity contribution is 6.32. The second-order valence-electron chi connectivity index (χ2n) is 6.81. The van der Waals surface area contributed by atoms with Gasteiger partial charge in [-0.3, -0.25) is 9.59 Å². The summed E-state index contributed by atoms with van der Waals surface area (Å²) in [5, 5.41) is 0.432. The number of carbonyl (C=O) groups excluding carboxylic acids is 2. The van der Waals surface area contributed by atoms with E-state index in [1.807, 2.05) is 0 Å². The highest BCUT2D eigenvalue weighted by Gasteiger charge is 2.51. The van der Waals surface area contributed by atoms with E-state index in [9.17, 15) is 14.0 Å². The summed E-state index contributed by atoms with van der Waals surface area (Å²) in [6.07, 6.45) is 3.53. The van der Waals surface area contributed by atoms with Crippen LogP contribution in [0.15, 0.2) is 48.5 Å². The first-order chi connectivity index (χ1) is 13.5. The van der Waals surface area contributed by atoms with Crippen LogP contribution < -0.4 is 9.64 Å². The molecule has 2 heterocycles. The van der Waals surface area contributed by atoms with E-state index < -0.39 is 6.04 Å². The summed E-state index contributed by atoms with van der Waals surface area (Å²) in [6.45, 7) is 0.451. The third-order valence-corrected chi connectivity index (χ3v) is 5.43. The van der Waals surface area contributed by atoms with Gasteiger partial charge in [0.15, 0.2) is 0 Å². The van der Waals surface area contributed by atoms with Crippen molar-refractivity contribution >= 4 is 35.2 Å². The summed E-state index contributed by atoms with van der Waals surface area (Å²) in [5.74, 6) is -0.192. The molecule has 0 aliphatic carbocycles. The smallest absolute Gasteiger partial charge is 0.250 e. The number of likely N-dealkylation sites (tertiary alicyclic amines) is 1. The maximum absolute atomic E-state index is 13.2. The maximum Gasteiger partial charge on any atom is 0.250 e. The molecule has 4 rings (SSSR count). The summed E-state index contributed by atoms with van der Waals surface area (Å²) in [5.41, 5.74) is 1.30. The topological polar surface area (TPSA) is 49.9 Å². The molecular weight excluding hydrogens is 383 g/mol. The average molecular weight is 401 g/mol. The lowest BCUT2D eigenvalue weighted by molar-refractivity contribution is -0.134. The van der Waals surface area contributed by atoms with E-state index in [0.717, 1.165) is 0 Å². The number of methoxy groups -OCH3 is 1. The molecule has 2 fully saturated rings. The minimum absolute atomic E-state index is 0.0894. The summed E-state index contributed by atoms with van der Waals surface area (Å²) in [7, 11) is 1.53. The van der Waals surface area contributed by atoms with E-state index in [2.05, 4.69) is 0 Å². The van der Waals surface area contributed by atoms with Crippen LogP contribution in [0.2, 0.25) is 5.02 Å². The van der Waals surface area contributed by atoms with Crippen LogP contribution in [0, 0.1) is 5.82 Å². The molecular formula is C21H18ClFN2O3. The van der Waals surface area contributed by atoms with Crippen molar-refractivity contribution < 1.29 is 18.7 Å². The van der Waals surface area contributed by atoms with E-state index in [-0.39, 0.29) is 23.7 Å². The predicted octanol–water partition coefficient (Wildman–Crippen LogP) is 3.52. The van der Waals surface area contributed by atoms with Crippen LogP contribution in [0.1, 0.15) is 12.0 Å². The molecule has 0 saturated carbocycles. The van der Waals surface area contributed by atoms with Gasteiger partial charge in [0, 0.05) is 18.3 Å². The number of amides is 2. The van der Waals surface area contributed by atoms with Crippen LogP contribution in [0.4, 0.5) is 10.1 Å². The summed E-state index contributed by atoms with van der Waals surface area (Å²) in [6, 6.07) is 10.6. The Morgan fingerprint density at radius 1 is 1.29 bits per heavy atom. The number of nitrogens with zero attached hydrogens (tertiary/aromatic N) is 2. The second-order valence-corrected chi connectivity index (χ2v) is 7.22. The number of rotatable bonds is 4. The highest BCUT2D eigenvalue weighted by atomic mass is 35.5. The molecule has 2 aromatic carbocycles. The zero-order valence-corrected chi connectivity index (χ0v) is 15.9. The van der Waals surface area contributed by atoms with Gasteiger partial charge in [0.05, 0.1) is 18.2 Å². The van der Waals surface area contributed by atoms with Gasteiger partial charge in [-0.1, -0.05) is 23.7 Å². The third kappa shape index (κ3) is 3.24. The first-order valence-corrected chi connectivity index (χ1v) is 9.26. The molecule has 2 aromatic rings. The Labute approximate surface area is 166 Å². The number of anilines is 1. The van der Waals surface area contributed by atoms with Crippen molar-refractivity contribution in [2.24, 2.45) is 0 Å². The van der Waals surface area contributed by atoms with Crippen molar-refractivity contribution in [3.8, 4) is 5.75 Å². The molecule has 2 aliphatic heterocycles. The van der Waals surface area contributed by atoms with Gasteiger partial charge >= 0.3 is 0 Å². The third-order valence-electron chi connectivity index (χ3n) is 5.13. The lowest BCUT2D eigenvalue weighted by Gasteiger charge is -2.33. The Bertz CT molecular complexity index is 978. The van der Waals surface area contributed by atoms with Gasteiger partial charge in [-0.05, 0) is 48.4 Å². The number of halogens is 2. The molecule has 2 saturated heterocycles. The summed E-state index contributed by atoms with van der Waals surface area (Å²) >= 11 is 6.18. The monoisotopic (exact) mass is 400 g/mol. The minimum atomic E-state index is -0.490. The standard InChI is InChI=1S/C21H18ClFN2O3/c1-28-19-7-6-15(10-17(19)22)25-16-11-18(21(25)27)24(12-16)20(26)8-5-13-3-2-4-14(23)9-13/h2-10,16,18H,11-12H2,1H3/b8-5+/t16-,18-/m0/s1. The molecule has 0 spiro atoms. The number of hydrogen-bond acceptors (Lipinski definition) is 3. The number of benzene rings is 2. The molecule has 0 aromatic heterocycles. The van der Waals surface area contributed by atoms with Crippen molar-refractivity contribution in [2.45, 2.75) is 18.5 Å². The van der Waals surface area contributed by atoms with E-state index in [4.69, 9.17) is 16.3 Å². The van der Waals surface area contributed by atoms with Gasteiger partial charge in [0.25, 0.3) is 0 Å². The van der Waals surface area contributed by atoms with Gasteiger partial charge < -0.3 is 14.5 Å². The predicted molar refractivity (Wildman–Crippen MR) is 105 cm³/mol. The zero-order chi connectivity index (χ0) is 19.8. The molecule has 2 atom stereocenters. The number of carbonyl (C=O) groups is 2. The van der Waals surface area contributed by atoms with Crippen LogP contribution in [-0.2, 0) is 9.59 Å². The summed E-state index contributed by atoms with van der Waals surface area (Å²) < 4.78 is 18.4. The Morgan fingerprint density at radius 3 is 2.79 bits per heavy atom. The van der Waals surface area contributed by atoms with Crippen molar-refractivity contribution in [2.75, 3.05) is 18.6 Å². The number of fused-ring (bicyclic) bond motifs is 2. The van der Waals surface area contributed by atoms with E-state index in [0.29, 0.717) is 35.0 Å². The van der Waals surface area contributed by atoms with Crippen molar-refractivity contribution in [1.29, 1.82) is 0 Å². The fraction of sp³-hybridized carbons (Fsp3) is 0.238. The number of piperazine rings is 1. The fourth-order valence-corrected chi connectivity index (χ4v) is 4.09. The van der Waals surface area contributed by atoms with Crippen LogP contribution in [0.25, 0.3) is 6.08 Å². The van der Waals surface area contributed by atoms with Crippen LogP contribution in [-0.4, -0.2) is 42.5 Å². The Morgan fingerprint density at radius 2 is 2.11 bits per heavy atom. The van der Waals surface area contributed by atoms with Crippen LogP contribution >= 0.6 is 11.6 Å². The van der Waals surface area contributed by atoms with E-state index in [1.165, 1.54) is 25.3 Å². The van der Waals surface area contributed by atoms with Gasteiger partial charge in [0.2, 0.25) is 11.8 Å². The van der Waals surface area contributed by atoms with Gasteiger partial charge in [-0.15, -0.1) is 0 Å². The maximum atomic E-state index is 13.2. The van der Waals surface area contributed by atoms with Crippen molar-refractivity contribution in [1.82, 2.24) is 4.90 Å². The Balaban J connectivity index is 1.48. The van der Waals surface area contributed by atoms with E-state index >= 15 is 0 Å². The second kappa shape index (κ2) is 7.28. The SMILES string of the molecule is COc1ccc(N2C(=O)[C@@H]3C[C@H]2CN3C(=O)/C=C/c2cccc(F)c2)cc1Cl. The van der Waals surface area contributed by atoms with Crippen molar-refractivity contribution in [3.05, 3.63) is 64.9 Å². The lowest BCUT2D eigenvalue weighted by atomic mass is 10.2. The summed E-state index contributed by atoms with van der Waals surface area (Å²) in [4.78, 5) is 28.7. The van der Waals surface area contributed by atoms with E-state index in [1.54, 1.807) is 46.2 Å². The van der Waals surface area contributed by atoms with Crippen LogP contribution in [0.5, 0.6) is 5.75 Å². The molecule has 2 amide bonds. The zero-order valence-electron chi connectivity index (χ0n) is 15.1. The normalized spacial score (nSPS) is 21.0. The minimum Gasteiger partial charge on any atom is -0.495 e. The first-order valence-electron chi connectivity index (χ1n) is 8.89. The highest BCUT2D eigenvalue weighted by Crippen LogP contribution is 2.38. The molecule has 28 heavy (non-hydrogen) atoms. The fourth-order valence-electron chi connectivity index (χ4n) is 3.84. The van der Waals surface area contributed by atoms with Crippen LogP contribution in [0.3, 0.4) is 0 Å². The molecule has 0 unspecified atom stereocenters. The molecule has 2 aliphatic rings. The molecule has 7 heteroatoms. The van der Waals surface area contributed by atoms with Gasteiger partial charge in [-0.25, -0.2) is 4.39 Å². The average Bonchev–Trinajstić information content (AvgIpc) is 3.24.